The maximum atomic E-state index is 13.2. The molecule has 0 unspecified atom stereocenters. The molecule has 174 valence electrons. The number of likely N-dealkylation sites (tertiary alicyclic amines) is 1. The predicted octanol–water partition coefficient (Wildman–Crippen LogP) is 2.84. The van der Waals surface area contributed by atoms with Crippen molar-refractivity contribution in [2.24, 2.45) is 0 Å². The van der Waals surface area contributed by atoms with Crippen molar-refractivity contribution in [3.63, 3.8) is 0 Å². The average Bonchev–Trinajstić information content (AvgIpc) is 3.08. The summed E-state index contributed by atoms with van der Waals surface area (Å²) in [6, 6.07) is 11.4. The molecule has 1 N–H and O–H groups in total. The molecule has 8 heteroatoms. The minimum absolute atomic E-state index is 0.0334. The molecule has 1 saturated heterocycles. The van der Waals surface area contributed by atoms with Crippen LogP contribution in [-0.4, -0.2) is 74.1 Å². The molecule has 1 amide bonds. The van der Waals surface area contributed by atoms with Gasteiger partial charge >= 0.3 is 0 Å². The molecule has 2 heterocycles. The Kier molecular flexibility index (Phi) is 6.55. The number of hydrogen-bond acceptors (Lipinski definition) is 7. The van der Waals surface area contributed by atoms with E-state index in [1.54, 1.807) is 24.3 Å². The van der Waals surface area contributed by atoms with Crippen molar-refractivity contribution < 1.29 is 28.9 Å². The third kappa shape index (κ3) is 4.39. The topological polar surface area (TPSA) is 88.5 Å². The molecule has 2 aromatic rings. The number of Topliss-reactive ketones (excluding diaryl/α,β-unsaturated/α-hetero) is 1. The summed E-state index contributed by atoms with van der Waals surface area (Å²) in [6.07, 6.45) is 0.676. The highest BCUT2D eigenvalue weighted by atomic mass is 16.6. The molecule has 1 atom stereocenters. The summed E-state index contributed by atoms with van der Waals surface area (Å²) in [5.74, 6) is -0.0131. The van der Waals surface area contributed by atoms with E-state index < -0.39 is 17.7 Å². The van der Waals surface area contributed by atoms with E-state index in [0.717, 1.165) is 6.54 Å². The number of ketones is 1. The summed E-state index contributed by atoms with van der Waals surface area (Å²) >= 11 is 0. The molecule has 1 fully saturated rings. The zero-order valence-corrected chi connectivity index (χ0v) is 19.0. The number of nitrogens with zero attached hydrogens (tertiary/aromatic N) is 2. The van der Waals surface area contributed by atoms with Crippen molar-refractivity contribution >= 4 is 17.4 Å². The summed E-state index contributed by atoms with van der Waals surface area (Å²) in [7, 11) is 5.44. The third-order valence-corrected chi connectivity index (χ3v) is 5.79. The first-order valence-corrected chi connectivity index (χ1v) is 10.9. The first kappa shape index (κ1) is 22.7. The number of ether oxygens (including phenoxy) is 3. The lowest BCUT2D eigenvalue weighted by molar-refractivity contribution is -0.140. The van der Waals surface area contributed by atoms with E-state index in [9.17, 15) is 14.7 Å². The fourth-order valence-electron chi connectivity index (χ4n) is 4.23. The Morgan fingerprint density at radius 1 is 1.12 bits per heavy atom. The van der Waals surface area contributed by atoms with Crippen LogP contribution in [0.25, 0.3) is 5.76 Å². The zero-order chi connectivity index (χ0) is 23.5. The third-order valence-electron chi connectivity index (χ3n) is 5.79. The number of fused-ring (bicyclic) bond motifs is 1. The van der Waals surface area contributed by atoms with Gasteiger partial charge in [-0.25, -0.2) is 0 Å². The fraction of sp³-hybridized carbons (Fsp3) is 0.360. The van der Waals surface area contributed by atoms with Gasteiger partial charge in [0.15, 0.2) is 11.5 Å². The Labute approximate surface area is 193 Å². The monoisotopic (exact) mass is 452 g/mol. The van der Waals surface area contributed by atoms with E-state index in [4.69, 9.17) is 14.2 Å². The number of methoxy groups -OCH3 is 1. The Balaban J connectivity index is 1.82. The summed E-state index contributed by atoms with van der Waals surface area (Å²) in [4.78, 5) is 29.8. The summed E-state index contributed by atoms with van der Waals surface area (Å²) in [5, 5.41) is 11.3. The molecule has 2 aromatic carbocycles. The van der Waals surface area contributed by atoms with Gasteiger partial charge in [-0.2, -0.15) is 0 Å². The molecule has 0 radical (unpaired) electrons. The lowest BCUT2D eigenvalue weighted by Crippen LogP contribution is -2.32. The van der Waals surface area contributed by atoms with Crippen LogP contribution in [0.4, 0.5) is 0 Å². The highest BCUT2D eigenvalue weighted by Gasteiger charge is 2.46. The largest absolute Gasteiger partial charge is 0.507 e. The van der Waals surface area contributed by atoms with Gasteiger partial charge < -0.3 is 29.1 Å². The van der Waals surface area contributed by atoms with Gasteiger partial charge in [-0.3, -0.25) is 9.59 Å². The van der Waals surface area contributed by atoms with Crippen LogP contribution < -0.4 is 14.2 Å². The molecule has 2 aliphatic rings. The van der Waals surface area contributed by atoms with Crippen molar-refractivity contribution in [1.29, 1.82) is 0 Å². The van der Waals surface area contributed by atoms with Gasteiger partial charge in [0.2, 0.25) is 0 Å². The van der Waals surface area contributed by atoms with Gasteiger partial charge in [-0.15, -0.1) is 0 Å². The van der Waals surface area contributed by atoms with Crippen molar-refractivity contribution in [1.82, 2.24) is 9.80 Å². The minimum Gasteiger partial charge on any atom is -0.507 e. The van der Waals surface area contributed by atoms with E-state index in [2.05, 4.69) is 0 Å². The molecule has 0 bridgehead atoms. The molecule has 33 heavy (non-hydrogen) atoms. The van der Waals surface area contributed by atoms with Crippen LogP contribution in [-0.2, 0) is 9.59 Å². The number of carbonyl (C=O) groups excluding carboxylic acids is 2. The van der Waals surface area contributed by atoms with E-state index in [1.165, 1.54) is 12.0 Å². The quantitative estimate of drug-likeness (QED) is 0.393. The normalized spacial score (nSPS) is 19.3. The number of para-hydroxylation sites is 1. The van der Waals surface area contributed by atoms with Crippen LogP contribution in [0.15, 0.2) is 48.0 Å². The smallest absolute Gasteiger partial charge is 0.295 e. The van der Waals surface area contributed by atoms with Gasteiger partial charge in [0.1, 0.15) is 24.7 Å². The second kappa shape index (κ2) is 9.54. The molecular weight excluding hydrogens is 424 g/mol. The highest BCUT2D eigenvalue weighted by molar-refractivity contribution is 6.46. The maximum Gasteiger partial charge on any atom is 0.295 e. The lowest BCUT2D eigenvalue weighted by Gasteiger charge is -2.27. The Bertz CT molecular complexity index is 1090. The number of carbonyl (C=O) groups is 2. The van der Waals surface area contributed by atoms with Gasteiger partial charge in [0.25, 0.3) is 11.7 Å². The second-order valence-electron chi connectivity index (χ2n) is 8.25. The van der Waals surface area contributed by atoms with Crippen molar-refractivity contribution in [2.75, 3.05) is 47.5 Å². The van der Waals surface area contributed by atoms with Gasteiger partial charge in [-0.05, 0) is 51.3 Å². The molecule has 4 rings (SSSR count). The Morgan fingerprint density at radius 3 is 2.58 bits per heavy atom. The number of aliphatic hydroxyl groups is 1. The predicted molar refractivity (Wildman–Crippen MR) is 123 cm³/mol. The molecule has 0 aliphatic carbocycles. The van der Waals surface area contributed by atoms with E-state index in [1.807, 2.05) is 37.2 Å². The lowest BCUT2D eigenvalue weighted by atomic mass is 9.94. The van der Waals surface area contributed by atoms with Crippen molar-refractivity contribution in [3.8, 4) is 17.2 Å². The Hall–Kier alpha value is -3.52. The molecule has 0 aromatic heterocycles. The van der Waals surface area contributed by atoms with Crippen LogP contribution in [0.5, 0.6) is 17.2 Å². The number of aliphatic hydroxyl groups excluding tert-OH is 1. The molecule has 8 nitrogen and oxygen atoms in total. The first-order valence-electron chi connectivity index (χ1n) is 10.9. The van der Waals surface area contributed by atoms with Crippen LogP contribution in [0.2, 0.25) is 0 Å². The number of rotatable bonds is 7. The molecule has 2 aliphatic heterocycles. The molecule has 0 saturated carbocycles. The number of amides is 1. The molecule has 0 spiro atoms. The molecular formula is C25H28N2O6. The number of hydrogen-bond donors (Lipinski definition) is 1. The van der Waals surface area contributed by atoms with E-state index >= 15 is 0 Å². The van der Waals surface area contributed by atoms with E-state index in [-0.39, 0.29) is 11.3 Å². The SMILES string of the molecule is COc1ccccc1[C@@H]1/C(=C(\O)c2ccc3c(c2)OCCO3)C(=O)C(=O)N1CCCN(C)C. The van der Waals surface area contributed by atoms with Gasteiger partial charge in [0.05, 0.1) is 18.7 Å². The average molecular weight is 453 g/mol. The zero-order valence-electron chi connectivity index (χ0n) is 19.0. The number of benzene rings is 2. The summed E-state index contributed by atoms with van der Waals surface area (Å²) in [5.41, 5.74) is 1.06. The van der Waals surface area contributed by atoms with Crippen LogP contribution in [0, 0.1) is 0 Å². The van der Waals surface area contributed by atoms with E-state index in [0.29, 0.717) is 54.6 Å². The van der Waals surface area contributed by atoms with Crippen molar-refractivity contribution in [3.05, 3.63) is 59.2 Å². The van der Waals surface area contributed by atoms with Gasteiger partial charge in [0, 0.05) is 17.7 Å². The first-order chi connectivity index (χ1) is 15.9. The summed E-state index contributed by atoms with van der Waals surface area (Å²) < 4.78 is 16.7. The summed E-state index contributed by atoms with van der Waals surface area (Å²) in [6.45, 7) is 1.96. The minimum atomic E-state index is -0.767. The Morgan fingerprint density at radius 2 is 1.85 bits per heavy atom. The standard InChI is InChI=1S/C25H28N2O6/c1-26(2)11-6-12-27-22(17-7-4-5-8-18(17)31-3)21(24(29)25(27)30)23(28)16-9-10-19-20(15-16)33-14-13-32-19/h4-5,7-10,15,22,28H,6,11-14H2,1-3H3/b23-21+/t22-/m1/s1. The second-order valence-corrected chi connectivity index (χ2v) is 8.25. The van der Waals surface area contributed by atoms with Gasteiger partial charge in [-0.1, -0.05) is 18.2 Å². The fourth-order valence-corrected chi connectivity index (χ4v) is 4.23. The van der Waals surface area contributed by atoms with Crippen LogP contribution >= 0.6 is 0 Å². The van der Waals surface area contributed by atoms with Crippen molar-refractivity contribution in [2.45, 2.75) is 12.5 Å². The highest BCUT2D eigenvalue weighted by Crippen LogP contribution is 2.43. The maximum absolute atomic E-state index is 13.2. The van der Waals surface area contributed by atoms with Crippen LogP contribution in [0.3, 0.4) is 0 Å². The van der Waals surface area contributed by atoms with Crippen LogP contribution in [0.1, 0.15) is 23.6 Å².